The van der Waals surface area contributed by atoms with E-state index < -0.39 is 11.6 Å². The third-order valence-corrected chi connectivity index (χ3v) is 3.40. The largest absolute Gasteiger partial charge is 0.401 e. The third-order valence-electron chi connectivity index (χ3n) is 3.40. The van der Waals surface area contributed by atoms with E-state index in [-0.39, 0.29) is 11.7 Å². The Morgan fingerprint density at radius 3 is 2.33 bits per heavy atom. The Bertz CT molecular complexity index is 382. The predicted octanol–water partition coefficient (Wildman–Crippen LogP) is 4.81. The fourth-order valence-corrected chi connectivity index (χ4v) is 1.83. The molecule has 0 aliphatic heterocycles. The van der Waals surface area contributed by atoms with Crippen molar-refractivity contribution >= 4 is 0 Å². The van der Waals surface area contributed by atoms with Crippen molar-refractivity contribution in [2.75, 3.05) is 0 Å². The van der Waals surface area contributed by atoms with Crippen molar-refractivity contribution in [3.05, 3.63) is 17.5 Å². The highest BCUT2D eigenvalue weighted by Gasteiger charge is 2.51. The molecule has 0 spiro atoms. The number of hydrogen-bond acceptors (Lipinski definition) is 2. The second-order valence-corrected chi connectivity index (χ2v) is 5.13. The van der Waals surface area contributed by atoms with Crippen molar-refractivity contribution in [1.29, 1.82) is 0 Å². The molecule has 18 heavy (non-hydrogen) atoms. The Labute approximate surface area is 106 Å². The van der Waals surface area contributed by atoms with Crippen molar-refractivity contribution in [2.24, 2.45) is 0 Å². The van der Waals surface area contributed by atoms with E-state index in [0.29, 0.717) is 5.69 Å². The van der Waals surface area contributed by atoms with Gasteiger partial charge >= 0.3 is 6.18 Å². The van der Waals surface area contributed by atoms with Gasteiger partial charge in [-0.05, 0) is 26.7 Å². The van der Waals surface area contributed by atoms with Crippen LogP contribution >= 0.6 is 0 Å². The first-order valence-corrected chi connectivity index (χ1v) is 6.27. The minimum atomic E-state index is -4.34. The molecule has 104 valence electrons. The van der Waals surface area contributed by atoms with Gasteiger partial charge in [-0.3, -0.25) is 0 Å². The van der Waals surface area contributed by atoms with E-state index in [1.165, 1.54) is 6.07 Å². The van der Waals surface area contributed by atoms with Crippen molar-refractivity contribution in [3.63, 3.8) is 0 Å². The molecule has 1 aromatic heterocycles. The molecule has 1 unspecified atom stereocenters. The van der Waals surface area contributed by atoms with Crippen LogP contribution in [0.5, 0.6) is 0 Å². The van der Waals surface area contributed by atoms with Crippen molar-refractivity contribution in [1.82, 2.24) is 5.16 Å². The Hall–Kier alpha value is -1.00. The summed E-state index contributed by atoms with van der Waals surface area (Å²) in [4.78, 5) is 0. The highest BCUT2D eigenvalue weighted by atomic mass is 19.4. The van der Waals surface area contributed by atoms with E-state index >= 15 is 0 Å². The second kappa shape index (κ2) is 5.33. The maximum Gasteiger partial charge on any atom is 0.401 e. The normalized spacial score (nSPS) is 14.8. The lowest BCUT2D eigenvalue weighted by Gasteiger charge is -2.24. The van der Waals surface area contributed by atoms with Crippen LogP contribution in [0.4, 0.5) is 13.2 Å². The summed E-state index contributed by atoms with van der Waals surface area (Å²) in [6.07, 6.45) is -1.60. The molecule has 1 aromatic rings. The Morgan fingerprint density at radius 2 is 1.89 bits per heavy atom. The van der Waals surface area contributed by atoms with Crippen LogP contribution in [0.1, 0.15) is 64.3 Å². The van der Waals surface area contributed by atoms with Gasteiger partial charge in [0.05, 0.1) is 5.69 Å². The molecular formula is C13H20F3NO. The van der Waals surface area contributed by atoms with E-state index in [2.05, 4.69) is 5.16 Å². The fraction of sp³-hybridized carbons (Fsp3) is 0.769. The summed E-state index contributed by atoms with van der Waals surface area (Å²) >= 11 is 0. The van der Waals surface area contributed by atoms with Crippen LogP contribution in [0, 0.1) is 0 Å². The van der Waals surface area contributed by atoms with E-state index in [0.717, 1.165) is 33.1 Å². The summed E-state index contributed by atoms with van der Waals surface area (Å²) < 4.78 is 43.5. The SMILES string of the molecule is CCCC(CC)c1cc(C(C)(C)C(F)(F)F)on1. The fourth-order valence-electron chi connectivity index (χ4n) is 1.83. The molecule has 0 aliphatic rings. The quantitative estimate of drug-likeness (QED) is 0.762. The number of halogens is 3. The number of hydrogen-bond donors (Lipinski definition) is 0. The summed E-state index contributed by atoms with van der Waals surface area (Å²) in [5.74, 6) is 0.0658. The van der Waals surface area contributed by atoms with Crippen LogP contribution in [0.2, 0.25) is 0 Å². The number of rotatable bonds is 5. The Kier molecular flexibility index (Phi) is 4.46. The van der Waals surface area contributed by atoms with Crippen molar-refractivity contribution in [2.45, 2.75) is 64.5 Å². The van der Waals surface area contributed by atoms with Gasteiger partial charge in [-0.2, -0.15) is 13.2 Å². The lowest BCUT2D eigenvalue weighted by atomic mass is 9.88. The molecule has 0 radical (unpaired) electrons. The van der Waals surface area contributed by atoms with Crippen LogP contribution in [-0.4, -0.2) is 11.3 Å². The molecule has 5 heteroatoms. The summed E-state index contributed by atoms with van der Waals surface area (Å²) in [6.45, 7) is 6.27. The van der Waals surface area contributed by atoms with Crippen LogP contribution in [0.15, 0.2) is 10.6 Å². The number of alkyl halides is 3. The predicted molar refractivity (Wildman–Crippen MR) is 63.5 cm³/mol. The molecule has 1 atom stereocenters. The maximum absolute atomic E-state index is 12.9. The topological polar surface area (TPSA) is 26.0 Å². The first kappa shape index (κ1) is 15.1. The van der Waals surface area contributed by atoms with Crippen molar-refractivity contribution in [3.8, 4) is 0 Å². The van der Waals surface area contributed by atoms with E-state index in [1.54, 1.807) is 0 Å². The van der Waals surface area contributed by atoms with Gasteiger partial charge in [-0.25, -0.2) is 0 Å². The number of nitrogens with zero attached hydrogens (tertiary/aromatic N) is 1. The lowest BCUT2D eigenvalue weighted by molar-refractivity contribution is -0.185. The molecule has 0 saturated carbocycles. The molecule has 0 saturated heterocycles. The highest BCUT2D eigenvalue weighted by Crippen LogP contribution is 2.41. The first-order chi connectivity index (χ1) is 8.24. The van der Waals surface area contributed by atoms with Gasteiger partial charge < -0.3 is 4.52 Å². The minimum absolute atomic E-state index is 0.112. The molecule has 0 amide bonds. The monoisotopic (exact) mass is 263 g/mol. The zero-order valence-corrected chi connectivity index (χ0v) is 11.3. The maximum atomic E-state index is 12.9. The van der Waals surface area contributed by atoms with Crippen LogP contribution in [-0.2, 0) is 5.41 Å². The van der Waals surface area contributed by atoms with E-state index in [1.807, 2.05) is 13.8 Å². The van der Waals surface area contributed by atoms with Gasteiger partial charge in [-0.15, -0.1) is 0 Å². The standard InChI is InChI=1S/C13H20F3NO/c1-5-7-9(6-2)10-8-11(18-17-10)12(3,4)13(14,15)16/h8-9H,5-7H2,1-4H3. The van der Waals surface area contributed by atoms with Gasteiger partial charge in [0.25, 0.3) is 0 Å². The summed E-state index contributed by atoms with van der Waals surface area (Å²) in [5.41, 5.74) is -1.37. The molecule has 2 nitrogen and oxygen atoms in total. The minimum Gasteiger partial charge on any atom is -0.360 e. The number of aromatic nitrogens is 1. The summed E-state index contributed by atoms with van der Waals surface area (Å²) in [6, 6.07) is 1.46. The molecule has 0 aromatic carbocycles. The molecular weight excluding hydrogens is 243 g/mol. The van der Waals surface area contributed by atoms with Crippen LogP contribution in [0.25, 0.3) is 0 Å². The Balaban J connectivity index is 2.99. The van der Waals surface area contributed by atoms with E-state index in [9.17, 15) is 13.2 Å². The molecule has 0 bridgehead atoms. The van der Waals surface area contributed by atoms with Crippen molar-refractivity contribution < 1.29 is 17.7 Å². The summed E-state index contributed by atoms with van der Waals surface area (Å²) in [5, 5.41) is 3.81. The molecule has 0 aliphatic carbocycles. The lowest BCUT2D eigenvalue weighted by Crippen LogP contribution is -2.35. The third kappa shape index (κ3) is 2.87. The van der Waals surface area contributed by atoms with Gasteiger partial charge in [0.15, 0.2) is 5.76 Å². The highest BCUT2D eigenvalue weighted by molar-refractivity contribution is 5.19. The van der Waals surface area contributed by atoms with Gasteiger partial charge in [0, 0.05) is 12.0 Å². The second-order valence-electron chi connectivity index (χ2n) is 5.13. The first-order valence-electron chi connectivity index (χ1n) is 6.27. The van der Waals surface area contributed by atoms with E-state index in [4.69, 9.17) is 4.52 Å². The van der Waals surface area contributed by atoms with Gasteiger partial charge in [-0.1, -0.05) is 25.4 Å². The summed E-state index contributed by atoms with van der Waals surface area (Å²) in [7, 11) is 0. The van der Waals surface area contributed by atoms with Gasteiger partial charge in [0.1, 0.15) is 5.41 Å². The average Bonchev–Trinajstić information content (AvgIpc) is 2.73. The van der Waals surface area contributed by atoms with Gasteiger partial charge in [0.2, 0.25) is 0 Å². The zero-order chi connectivity index (χ0) is 14.0. The zero-order valence-electron chi connectivity index (χ0n) is 11.3. The van der Waals surface area contributed by atoms with Crippen LogP contribution < -0.4 is 0 Å². The Morgan fingerprint density at radius 1 is 1.28 bits per heavy atom. The molecule has 1 heterocycles. The average molecular weight is 263 g/mol. The molecule has 0 N–H and O–H groups in total. The van der Waals surface area contributed by atoms with Crippen LogP contribution in [0.3, 0.4) is 0 Å². The smallest absolute Gasteiger partial charge is 0.360 e. The molecule has 1 rings (SSSR count). The molecule has 0 fully saturated rings.